The Kier molecular flexibility index (Phi) is 4.66. The van der Waals surface area contributed by atoms with Crippen LogP contribution in [0.5, 0.6) is 0 Å². The maximum atomic E-state index is 11.7. The van der Waals surface area contributed by atoms with Crippen LogP contribution < -0.4 is 5.32 Å². The van der Waals surface area contributed by atoms with Gasteiger partial charge in [-0.15, -0.1) is 0 Å². The summed E-state index contributed by atoms with van der Waals surface area (Å²) in [6.45, 7) is 1.85. The van der Waals surface area contributed by atoms with Crippen LogP contribution >= 0.6 is 0 Å². The van der Waals surface area contributed by atoms with Gasteiger partial charge in [0.05, 0.1) is 6.61 Å². The average Bonchev–Trinajstić information content (AvgIpc) is 2.29. The van der Waals surface area contributed by atoms with Gasteiger partial charge in [-0.1, -0.05) is 17.7 Å². The van der Waals surface area contributed by atoms with Crippen molar-refractivity contribution in [2.45, 2.75) is 13.0 Å². The maximum absolute atomic E-state index is 11.7. The predicted octanol–water partition coefficient (Wildman–Crippen LogP) is 0.824. The Morgan fingerprint density at radius 1 is 1.35 bits per heavy atom. The smallest absolute Gasteiger partial charge is 0.328 e. The molecule has 0 aliphatic rings. The Labute approximate surface area is 99.4 Å². The first-order chi connectivity index (χ1) is 8.04. The number of carboxylic acids is 1. The molecule has 1 aromatic rings. The molecule has 0 radical (unpaired) electrons. The van der Waals surface area contributed by atoms with Crippen molar-refractivity contribution in [3.8, 4) is 0 Å². The van der Waals surface area contributed by atoms with Crippen molar-refractivity contribution in [1.29, 1.82) is 0 Å². The molecule has 1 amide bonds. The monoisotopic (exact) mass is 237 g/mol. The zero-order valence-corrected chi connectivity index (χ0v) is 9.77. The number of carboxylic acid groups (broad SMARTS) is 1. The molecule has 0 heterocycles. The van der Waals surface area contributed by atoms with Gasteiger partial charge in [-0.2, -0.15) is 0 Å². The maximum Gasteiger partial charge on any atom is 0.328 e. The zero-order valence-electron chi connectivity index (χ0n) is 9.77. The second-order valence-corrected chi connectivity index (χ2v) is 3.69. The summed E-state index contributed by atoms with van der Waals surface area (Å²) in [5, 5.41) is 11.2. The second kappa shape index (κ2) is 6.00. The summed E-state index contributed by atoms with van der Waals surface area (Å²) in [6, 6.07) is 5.85. The first kappa shape index (κ1) is 13.2. The number of aliphatic carboxylic acids is 1. The SMILES string of the molecule is COC[C@H](NC(=O)c1ccc(C)cc1)C(=O)O. The number of rotatable bonds is 5. The van der Waals surface area contributed by atoms with Gasteiger partial charge in [0.2, 0.25) is 0 Å². The van der Waals surface area contributed by atoms with Crippen LogP contribution in [0.2, 0.25) is 0 Å². The van der Waals surface area contributed by atoms with Gasteiger partial charge in [0, 0.05) is 12.7 Å². The minimum absolute atomic E-state index is 0.0626. The third kappa shape index (κ3) is 3.88. The molecule has 0 unspecified atom stereocenters. The minimum Gasteiger partial charge on any atom is -0.480 e. The number of carbonyl (C=O) groups is 2. The van der Waals surface area contributed by atoms with E-state index < -0.39 is 17.9 Å². The average molecular weight is 237 g/mol. The molecule has 0 bridgehead atoms. The molecule has 1 atom stereocenters. The van der Waals surface area contributed by atoms with Gasteiger partial charge in [0.25, 0.3) is 5.91 Å². The number of amides is 1. The van der Waals surface area contributed by atoms with Gasteiger partial charge >= 0.3 is 5.97 Å². The number of aryl methyl sites for hydroxylation is 1. The van der Waals surface area contributed by atoms with Gasteiger partial charge in [-0.3, -0.25) is 4.79 Å². The number of ether oxygens (including phenoxy) is 1. The molecule has 0 saturated carbocycles. The van der Waals surface area contributed by atoms with E-state index >= 15 is 0 Å². The van der Waals surface area contributed by atoms with Crippen LogP contribution in [0.1, 0.15) is 15.9 Å². The normalized spacial score (nSPS) is 11.9. The van der Waals surface area contributed by atoms with Gasteiger partial charge < -0.3 is 15.2 Å². The summed E-state index contributed by atoms with van der Waals surface area (Å²) >= 11 is 0. The van der Waals surface area contributed by atoms with E-state index in [0.29, 0.717) is 5.56 Å². The molecule has 92 valence electrons. The topological polar surface area (TPSA) is 75.6 Å². The van der Waals surface area contributed by atoms with Crippen LogP contribution in [-0.2, 0) is 9.53 Å². The van der Waals surface area contributed by atoms with Crippen LogP contribution in [0.3, 0.4) is 0 Å². The first-order valence-electron chi connectivity index (χ1n) is 5.14. The number of nitrogens with one attached hydrogen (secondary N) is 1. The van der Waals surface area contributed by atoms with Gasteiger partial charge in [-0.05, 0) is 19.1 Å². The van der Waals surface area contributed by atoms with Crippen LogP contribution in [0.15, 0.2) is 24.3 Å². The van der Waals surface area contributed by atoms with E-state index in [1.165, 1.54) is 7.11 Å². The summed E-state index contributed by atoms with van der Waals surface area (Å²) in [5.74, 6) is -1.54. The number of methoxy groups -OCH3 is 1. The zero-order chi connectivity index (χ0) is 12.8. The summed E-state index contributed by atoms with van der Waals surface area (Å²) in [7, 11) is 1.38. The lowest BCUT2D eigenvalue weighted by molar-refractivity contribution is -0.140. The first-order valence-corrected chi connectivity index (χ1v) is 5.14. The van der Waals surface area contributed by atoms with E-state index in [2.05, 4.69) is 5.32 Å². The van der Waals surface area contributed by atoms with Crippen molar-refractivity contribution >= 4 is 11.9 Å². The fourth-order valence-electron chi connectivity index (χ4n) is 1.29. The molecule has 5 heteroatoms. The Balaban J connectivity index is 2.70. The predicted molar refractivity (Wildman–Crippen MR) is 61.9 cm³/mol. The van der Waals surface area contributed by atoms with E-state index in [1.807, 2.05) is 6.92 Å². The number of carbonyl (C=O) groups excluding carboxylic acids is 1. The van der Waals surface area contributed by atoms with Gasteiger partial charge in [-0.25, -0.2) is 4.79 Å². The quantitative estimate of drug-likeness (QED) is 0.795. The highest BCUT2D eigenvalue weighted by Crippen LogP contribution is 2.03. The van der Waals surface area contributed by atoms with E-state index in [9.17, 15) is 9.59 Å². The highest BCUT2D eigenvalue weighted by Gasteiger charge is 2.20. The Bertz CT molecular complexity index is 399. The third-order valence-corrected chi connectivity index (χ3v) is 2.25. The molecule has 1 rings (SSSR count). The highest BCUT2D eigenvalue weighted by molar-refractivity contribution is 5.96. The number of hydrogen-bond acceptors (Lipinski definition) is 3. The van der Waals surface area contributed by atoms with Crippen molar-refractivity contribution in [1.82, 2.24) is 5.32 Å². The molecule has 0 saturated heterocycles. The van der Waals surface area contributed by atoms with E-state index in [1.54, 1.807) is 24.3 Å². The third-order valence-electron chi connectivity index (χ3n) is 2.25. The Morgan fingerprint density at radius 2 is 1.94 bits per heavy atom. The van der Waals surface area contributed by atoms with Crippen molar-refractivity contribution in [3.63, 3.8) is 0 Å². The summed E-state index contributed by atoms with van der Waals surface area (Å²) < 4.78 is 4.73. The summed E-state index contributed by atoms with van der Waals surface area (Å²) in [5.41, 5.74) is 1.46. The summed E-state index contributed by atoms with van der Waals surface area (Å²) in [6.07, 6.45) is 0. The van der Waals surface area contributed by atoms with E-state index in [-0.39, 0.29) is 6.61 Å². The lowest BCUT2D eigenvalue weighted by atomic mass is 10.1. The highest BCUT2D eigenvalue weighted by atomic mass is 16.5. The molecule has 2 N–H and O–H groups in total. The minimum atomic E-state index is -1.12. The molecule has 1 aromatic carbocycles. The number of benzene rings is 1. The second-order valence-electron chi connectivity index (χ2n) is 3.69. The Hall–Kier alpha value is -1.88. The van der Waals surface area contributed by atoms with Crippen LogP contribution in [0, 0.1) is 6.92 Å². The van der Waals surface area contributed by atoms with Crippen LogP contribution in [0.25, 0.3) is 0 Å². The van der Waals surface area contributed by atoms with Crippen molar-refractivity contribution < 1.29 is 19.4 Å². The van der Waals surface area contributed by atoms with Gasteiger partial charge in [0.1, 0.15) is 0 Å². The molecule has 0 aromatic heterocycles. The molecule has 5 nitrogen and oxygen atoms in total. The molecule has 0 aliphatic heterocycles. The molecule has 0 spiro atoms. The van der Waals surface area contributed by atoms with Crippen LogP contribution in [-0.4, -0.2) is 36.7 Å². The molecular weight excluding hydrogens is 222 g/mol. The standard InChI is InChI=1S/C12H15NO4/c1-8-3-5-9(6-4-8)11(14)13-10(7-17-2)12(15)16/h3-6,10H,7H2,1-2H3,(H,13,14)(H,15,16)/t10-/m0/s1. The van der Waals surface area contributed by atoms with Crippen LogP contribution in [0.4, 0.5) is 0 Å². The van der Waals surface area contributed by atoms with Gasteiger partial charge in [0.15, 0.2) is 6.04 Å². The lowest BCUT2D eigenvalue weighted by Crippen LogP contribution is -2.43. The number of hydrogen-bond donors (Lipinski definition) is 2. The van der Waals surface area contributed by atoms with E-state index in [0.717, 1.165) is 5.56 Å². The summed E-state index contributed by atoms with van der Waals surface area (Å²) in [4.78, 5) is 22.5. The Morgan fingerprint density at radius 3 is 2.41 bits per heavy atom. The van der Waals surface area contributed by atoms with Crippen molar-refractivity contribution in [2.24, 2.45) is 0 Å². The molecule has 0 aliphatic carbocycles. The van der Waals surface area contributed by atoms with E-state index in [4.69, 9.17) is 9.84 Å². The lowest BCUT2D eigenvalue weighted by Gasteiger charge is -2.13. The van der Waals surface area contributed by atoms with Crippen molar-refractivity contribution in [2.75, 3.05) is 13.7 Å². The fraction of sp³-hybridized carbons (Fsp3) is 0.333. The van der Waals surface area contributed by atoms with Crippen molar-refractivity contribution in [3.05, 3.63) is 35.4 Å². The molecule has 0 fully saturated rings. The fourth-order valence-corrected chi connectivity index (χ4v) is 1.29. The molecule has 17 heavy (non-hydrogen) atoms. The largest absolute Gasteiger partial charge is 0.480 e. The molecular formula is C12H15NO4.